The lowest BCUT2D eigenvalue weighted by molar-refractivity contribution is -0.131. The molecule has 2 aromatic rings. The van der Waals surface area contributed by atoms with Gasteiger partial charge in [0.1, 0.15) is 11.5 Å². The summed E-state index contributed by atoms with van der Waals surface area (Å²) in [6.07, 6.45) is 0.435. The van der Waals surface area contributed by atoms with Crippen molar-refractivity contribution in [3.05, 3.63) is 23.3 Å². The van der Waals surface area contributed by atoms with Crippen LogP contribution in [0.5, 0.6) is 23.0 Å². The van der Waals surface area contributed by atoms with E-state index in [0.29, 0.717) is 40.0 Å². The molecule has 0 heterocycles. The lowest BCUT2D eigenvalue weighted by atomic mass is 9.94. The van der Waals surface area contributed by atoms with Gasteiger partial charge in [0, 0.05) is 18.4 Å². The number of aromatic carboxylic acids is 1. The summed E-state index contributed by atoms with van der Waals surface area (Å²) in [5, 5.41) is 10.5. The Morgan fingerprint density at radius 2 is 1.60 bits per heavy atom. The highest BCUT2D eigenvalue weighted by molar-refractivity contribution is 6.07. The molecule has 0 aliphatic heterocycles. The van der Waals surface area contributed by atoms with Crippen molar-refractivity contribution in [3.63, 3.8) is 0 Å². The summed E-state index contributed by atoms with van der Waals surface area (Å²) in [6, 6.07) is 2.94. The van der Waals surface area contributed by atoms with Crippen molar-refractivity contribution in [3.8, 4) is 23.0 Å². The number of aryl methyl sites for hydroxylation is 1. The molecular weight excluding hydrogens is 328 g/mol. The molecule has 0 radical (unpaired) electrons. The Labute approximate surface area is 145 Å². The first-order valence-electron chi connectivity index (χ1n) is 7.59. The van der Waals surface area contributed by atoms with Gasteiger partial charge in [0.25, 0.3) is 0 Å². The van der Waals surface area contributed by atoms with Gasteiger partial charge in [-0.2, -0.15) is 0 Å². The largest absolute Gasteiger partial charge is 0.496 e. The molecular formula is C18H20O7. The Hall–Kier alpha value is -2.96. The number of hydrogen-bond donors (Lipinski definition) is 1. The molecule has 0 bridgehead atoms. The molecule has 1 N–H and O–H groups in total. The van der Waals surface area contributed by atoms with Crippen molar-refractivity contribution in [2.24, 2.45) is 0 Å². The maximum Gasteiger partial charge on any atom is 0.336 e. The van der Waals surface area contributed by atoms with Gasteiger partial charge in [-0.25, -0.2) is 4.79 Å². The van der Waals surface area contributed by atoms with Crippen LogP contribution < -0.4 is 18.9 Å². The third-order valence-corrected chi connectivity index (χ3v) is 3.84. The van der Waals surface area contributed by atoms with Gasteiger partial charge in [-0.1, -0.05) is 6.92 Å². The van der Waals surface area contributed by atoms with Crippen LogP contribution in [-0.2, 0) is 11.2 Å². The second kappa shape index (κ2) is 7.29. The number of fused-ring (bicyclic) bond motifs is 1. The van der Waals surface area contributed by atoms with Crippen LogP contribution in [0.25, 0.3) is 10.8 Å². The maximum atomic E-state index is 11.7. The molecule has 0 spiro atoms. The standard InChI is InChI=1S/C18H20O7/c1-6-10-11(18(20)21)7-13(25-9(2)19)16-15(10)12(22-3)8-14(23-4)17(16)24-5/h7-8H,6H2,1-5H3,(H,20,21). The van der Waals surface area contributed by atoms with Gasteiger partial charge in [-0.05, 0) is 18.1 Å². The number of carbonyl (C=O) groups is 2. The van der Waals surface area contributed by atoms with Crippen LogP contribution in [0.15, 0.2) is 12.1 Å². The third-order valence-electron chi connectivity index (χ3n) is 3.84. The summed E-state index contributed by atoms with van der Waals surface area (Å²) in [6.45, 7) is 3.08. The van der Waals surface area contributed by atoms with Crippen molar-refractivity contribution >= 4 is 22.7 Å². The van der Waals surface area contributed by atoms with E-state index in [1.807, 2.05) is 6.92 Å². The molecule has 0 saturated carbocycles. The molecule has 2 aromatic carbocycles. The molecule has 25 heavy (non-hydrogen) atoms. The van der Waals surface area contributed by atoms with Crippen molar-refractivity contribution < 1.29 is 33.6 Å². The molecule has 0 aliphatic rings. The summed E-state index contributed by atoms with van der Waals surface area (Å²) in [4.78, 5) is 23.2. The van der Waals surface area contributed by atoms with Gasteiger partial charge < -0.3 is 24.1 Å². The molecule has 134 valence electrons. The molecule has 7 heteroatoms. The molecule has 0 saturated heterocycles. The summed E-state index contributed by atoms with van der Waals surface area (Å²) in [5.41, 5.74) is 0.591. The van der Waals surface area contributed by atoms with Crippen LogP contribution in [0.4, 0.5) is 0 Å². The highest BCUT2D eigenvalue weighted by Crippen LogP contribution is 2.48. The first kappa shape index (κ1) is 18.4. The average molecular weight is 348 g/mol. The van der Waals surface area contributed by atoms with Crippen molar-refractivity contribution in [1.29, 1.82) is 0 Å². The number of ether oxygens (including phenoxy) is 4. The quantitative estimate of drug-likeness (QED) is 0.633. The highest BCUT2D eigenvalue weighted by atomic mass is 16.5. The summed E-state index contributed by atoms with van der Waals surface area (Å²) in [7, 11) is 4.40. The van der Waals surface area contributed by atoms with Gasteiger partial charge >= 0.3 is 11.9 Å². The summed E-state index contributed by atoms with van der Waals surface area (Å²) in [5.74, 6) is -0.506. The number of rotatable bonds is 6. The highest BCUT2D eigenvalue weighted by Gasteiger charge is 2.25. The Kier molecular flexibility index (Phi) is 5.36. The van der Waals surface area contributed by atoms with E-state index in [1.165, 1.54) is 34.3 Å². The third kappa shape index (κ3) is 3.17. The van der Waals surface area contributed by atoms with Gasteiger partial charge in [0.2, 0.25) is 0 Å². The smallest absolute Gasteiger partial charge is 0.336 e. The summed E-state index contributed by atoms with van der Waals surface area (Å²) < 4.78 is 21.5. The van der Waals surface area contributed by atoms with Crippen LogP contribution in [0.2, 0.25) is 0 Å². The Balaban J connectivity index is 3.12. The minimum Gasteiger partial charge on any atom is -0.496 e. The van der Waals surface area contributed by atoms with E-state index in [4.69, 9.17) is 18.9 Å². The van der Waals surface area contributed by atoms with E-state index < -0.39 is 11.9 Å². The van der Waals surface area contributed by atoms with Gasteiger partial charge in [0.05, 0.1) is 32.3 Å². The Bertz CT molecular complexity index is 839. The monoisotopic (exact) mass is 348 g/mol. The minimum atomic E-state index is -1.12. The van der Waals surface area contributed by atoms with E-state index in [1.54, 1.807) is 6.07 Å². The molecule has 0 fully saturated rings. The van der Waals surface area contributed by atoms with Crippen LogP contribution in [0.3, 0.4) is 0 Å². The number of esters is 1. The lowest BCUT2D eigenvalue weighted by Gasteiger charge is -2.20. The molecule has 0 atom stereocenters. The van der Waals surface area contributed by atoms with Gasteiger partial charge in [-0.3, -0.25) is 4.79 Å². The normalized spacial score (nSPS) is 10.4. The van der Waals surface area contributed by atoms with E-state index in [9.17, 15) is 14.7 Å². The first-order chi connectivity index (χ1) is 11.9. The zero-order valence-electron chi connectivity index (χ0n) is 14.8. The second-order valence-corrected chi connectivity index (χ2v) is 5.22. The molecule has 0 unspecified atom stereocenters. The zero-order valence-corrected chi connectivity index (χ0v) is 14.8. The molecule has 0 aromatic heterocycles. The SMILES string of the molecule is CCc1c(C(=O)O)cc(OC(C)=O)c2c(OC)c(OC)cc(OC)c12. The van der Waals surface area contributed by atoms with Crippen molar-refractivity contribution in [2.45, 2.75) is 20.3 Å². The predicted octanol–water partition coefficient (Wildman–Crippen LogP) is 3.05. The van der Waals surface area contributed by atoms with Crippen LogP contribution in [0.1, 0.15) is 29.8 Å². The number of carboxylic acids is 1. The number of carbonyl (C=O) groups excluding carboxylic acids is 1. The first-order valence-corrected chi connectivity index (χ1v) is 7.59. The fourth-order valence-electron chi connectivity index (χ4n) is 2.89. The van der Waals surface area contributed by atoms with E-state index >= 15 is 0 Å². The maximum absolute atomic E-state index is 11.7. The number of methoxy groups -OCH3 is 3. The Morgan fingerprint density at radius 3 is 2.04 bits per heavy atom. The molecule has 7 nitrogen and oxygen atoms in total. The minimum absolute atomic E-state index is 0.0387. The van der Waals surface area contributed by atoms with E-state index in [0.717, 1.165) is 0 Å². The predicted molar refractivity (Wildman–Crippen MR) is 91.3 cm³/mol. The van der Waals surface area contributed by atoms with E-state index in [2.05, 4.69) is 0 Å². The molecule has 0 amide bonds. The fraction of sp³-hybridized carbons (Fsp3) is 0.333. The Morgan fingerprint density at radius 1 is 0.960 bits per heavy atom. The van der Waals surface area contributed by atoms with Crippen molar-refractivity contribution in [1.82, 2.24) is 0 Å². The van der Waals surface area contributed by atoms with Crippen LogP contribution >= 0.6 is 0 Å². The summed E-state index contributed by atoms with van der Waals surface area (Å²) >= 11 is 0. The second-order valence-electron chi connectivity index (χ2n) is 5.22. The number of hydrogen-bond acceptors (Lipinski definition) is 6. The average Bonchev–Trinajstić information content (AvgIpc) is 2.59. The van der Waals surface area contributed by atoms with Crippen molar-refractivity contribution in [2.75, 3.05) is 21.3 Å². The van der Waals surface area contributed by atoms with Gasteiger partial charge in [0.15, 0.2) is 11.5 Å². The number of carboxylic acid groups (broad SMARTS) is 1. The number of benzene rings is 2. The van der Waals surface area contributed by atoms with Gasteiger partial charge in [-0.15, -0.1) is 0 Å². The fourth-order valence-corrected chi connectivity index (χ4v) is 2.89. The molecule has 0 aliphatic carbocycles. The van der Waals surface area contributed by atoms with Crippen LogP contribution in [-0.4, -0.2) is 38.4 Å². The topological polar surface area (TPSA) is 91.3 Å². The van der Waals surface area contributed by atoms with Crippen LogP contribution in [0, 0.1) is 0 Å². The molecule has 2 rings (SSSR count). The zero-order chi connectivity index (χ0) is 18.7. The lowest BCUT2D eigenvalue weighted by Crippen LogP contribution is -2.09. The van der Waals surface area contributed by atoms with E-state index in [-0.39, 0.29) is 11.3 Å².